The van der Waals surface area contributed by atoms with E-state index in [-0.39, 0.29) is 29.9 Å². The largest absolute Gasteiger partial charge is 0.354 e. The van der Waals surface area contributed by atoms with Crippen LogP contribution in [0.1, 0.15) is 31.4 Å². The predicted octanol–water partition coefficient (Wildman–Crippen LogP) is 3.16. The number of hydrogen-bond acceptors (Lipinski definition) is 3. The van der Waals surface area contributed by atoms with Gasteiger partial charge in [0.05, 0.1) is 17.1 Å². The van der Waals surface area contributed by atoms with Crippen molar-refractivity contribution in [2.24, 2.45) is 0 Å². The first-order valence-electron chi connectivity index (χ1n) is 10.3. The molecule has 160 valence electrons. The van der Waals surface area contributed by atoms with E-state index in [1.807, 2.05) is 56.3 Å². The van der Waals surface area contributed by atoms with Crippen LogP contribution in [0.2, 0.25) is 0 Å². The fourth-order valence-electron chi connectivity index (χ4n) is 3.75. The fourth-order valence-corrected chi connectivity index (χ4v) is 3.75. The zero-order valence-corrected chi connectivity index (χ0v) is 17.8. The Morgan fingerprint density at radius 1 is 1.07 bits per heavy atom. The smallest absolute Gasteiger partial charge is 0.329 e. The number of aromatic nitrogens is 2. The van der Waals surface area contributed by atoms with Crippen LogP contribution in [-0.2, 0) is 17.9 Å². The van der Waals surface area contributed by atoms with Crippen molar-refractivity contribution in [3.8, 4) is 0 Å². The molecule has 30 heavy (non-hydrogen) atoms. The van der Waals surface area contributed by atoms with Crippen LogP contribution in [0, 0.1) is 5.82 Å². The van der Waals surface area contributed by atoms with Crippen molar-refractivity contribution < 1.29 is 9.18 Å². The van der Waals surface area contributed by atoms with Crippen LogP contribution in [0.5, 0.6) is 0 Å². The highest BCUT2D eigenvalue weighted by Gasteiger charge is 2.17. The standard InChI is InChI=1S/C23H29FN4O2/c1-4-13-27-19-10-5-6-11-20(19)28(23(27)30)14-12-22(29)25-16-21(26(2)3)17-8-7-9-18(24)15-17/h5-11,15,21H,4,12-14,16H2,1-3H3,(H,25,29). The van der Waals surface area contributed by atoms with Crippen molar-refractivity contribution in [1.82, 2.24) is 19.4 Å². The summed E-state index contributed by atoms with van der Waals surface area (Å²) in [6, 6.07) is 13.9. The number of likely N-dealkylation sites (N-methyl/N-ethyl adjacent to an activating group) is 1. The lowest BCUT2D eigenvalue weighted by Gasteiger charge is -2.25. The van der Waals surface area contributed by atoms with Crippen LogP contribution in [0.15, 0.2) is 53.3 Å². The number of nitrogens with one attached hydrogen (secondary N) is 1. The van der Waals surface area contributed by atoms with E-state index in [2.05, 4.69) is 5.32 Å². The Labute approximate surface area is 175 Å². The Balaban J connectivity index is 1.67. The summed E-state index contributed by atoms with van der Waals surface area (Å²) in [4.78, 5) is 27.3. The number of nitrogens with zero attached hydrogens (tertiary/aromatic N) is 3. The molecule has 0 saturated carbocycles. The third kappa shape index (κ3) is 4.79. The lowest BCUT2D eigenvalue weighted by atomic mass is 10.1. The number of benzene rings is 2. The molecule has 3 aromatic rings. The molecule has 0 spiro atoms. The SMILES string of the molecule is CCCn1c(=O)n(CCC(=O)NCC(c2cccc(F)c2)N(C)C)c2ccccc21. The third-order valence-corrected chi connectivity index (χ3v) is 5.28. The number of rotatable bonds is 9. The second-order valence-electron chi connectivity index (χ2n) is 7.66. The fraction of sp³-hybridized carbons (Fsp3) is 0.391. The second kappa shape index (κ2) is 9.71. The Kier molecular flexibility index (Phi) is 7.05. The zero-order chi connectivity index (χ0) is 21.7. The maximum Gasteiger partial charge on any atom is 0.329 e. The van der Waals surface area contributed by atoms with Gasteiger partial charge in [0.1, 0.15) is 5.82 Å². The first-order chi connectivity index (χ1) is 14.4. The van der Waals surface area contributed by atoms with Crippen LogP contribution in [0.25, 0.3) is 11.0 Å². The van der Waals surface area contributed by atoms with E-state index >= 15 is 0 Å². The summed E-state index contributed by atoms with van der Waals surface area (Å²) < 4.78 is 17.0. The molecule has 1 unspecified atom stereocenters. The van der Waals surface area contributed by atoms with Gasteiger partial charge in [0.2, 0.25) is 5.91 Å². The molecule has 0 fully saturated rings. The Bertz CT molecular complexity index is 1070. The minimum atomic E-state index is -0.298. The number of aryl methyl sites for hydroxylation is 2. The molecule has 1 N–H and O–H groups in total. The zero-order valence-electron chi connectivity index (χ0n) is 17.8. The summed E-state index contributed by atoms with van der Waals surface area (Å²) in [7, 11) is 3.79. The van der Waals surface area contributed by atoms with Crippen molar-refractivity contribution in [3.63, 3.8) is 0 Å². The molecular formula is C23H29FN4O2. The minimum absolute atomic E-state index is 0.0863. The summed E-state index contributed by atoms with van der Waals surface area (Å²) in [5, 5.41) is 2.93. The highest BCUT2D eigenvalue weighted by atomic mass is 19.1. The molecule has 0 saturated heterocycles. The summed E-state index contributed by atoms with van der Waals surface area (Å²) >= 11 is 0. The molecule has 3 rings (SSSR count). The van der Waals surface area contributed by atoms with Crippen molar-refractivity contribution in [1.29, 1.82) is 0 Å². The lowest BCUT2D eigenvalue weighted by Crippen LogP contribution is -2.35. The van der Waals surface area contributed by atoms with Crippen LogP contribution in [-0.4, -0.2) is 40.6 Å². The van der Waals surface area contributed by atoms with Gasteiger partial charge in [-0.05, 0) is 50.3 Å². The van der Waals surface area contributed by atoms with E-state index in [1.54, 1.807) is 15.2 Å². The molecule has 1 amide bonds. The molecule has 0 aliphatic rings. The third-order valence-electron chi connectivity index (χ3n) is 5.28. The number of fused-ring (bicyclic) bond motifs is 1. The molecule has 0 radical (unpaired) electrons. The minimum Gasteiger partial charge on any atom is -0.354 e. The first kappa shape index (κ1) is 21.8. The Morgan fingerprint density at radius 2 is 1.73 bits per heavy atom. The molecule has 2 aromatic carbocycles. The average molecular weight is 413 g/mol. The summed E-state index contributed by atoms with van der Waals surface area (Å²) in [5.41, 5.74) is 2.45. The van der Waals surface area contributed by atoms with E-state index in [0.717, 1.165) is 23.0 Å². The van der Waals surface area contributed by atoms with Gasteiger partial charge >= 0.3 is 5.69 Å². The summed E-state index contributed by atoms with van der Waals surface area (Å²) in [6.45, 7) is 3.36. The Hall–Kier alpha value is -2.93. The quantitative estimate of drug-likeness (QED) is 0.587. The lowest BCUT2D eigenvalue weighted by molar-refractivity contribution is -0.121. The maximum absolute atomic E-state index is 13.6. The van der Waals surface area contributed by atoms with Gasteiger partial charge in [-0.25, -0.2) is 9.18 Å². The first-order valence-corrected chi connectivity index (χ1v) is 10.3. The monoisotopic (exact) mass is 412 g/mol. The van der Waals surface area contributed by atoms with Gasteiger partial charge in [0.15, 0.2) is 0 Å². The van der Waals surface area contributed by atoms with Crippen LogP contribution < -0.4 is 11.0 Å². The topological polar surface area (TPSA) is 59.3 Å². The molecule has 0 aliphatic heterocycles. The van der Waals surface area contributed by atoms with Gasteiger partial charge in [0.25, 0.3) is 0 Å². The molecule has 7 heteroatoms. The van der Waals surface area contributed by atoms with E-state index in [0.29, 0.717) is 19.6 Å². The highest BCUT2D eigenvalue weighted by Crippen LogP contribution is 2.18. The molecule has 1 aromatic heterocycles. The Morgan fingerprint density at radius 3 is 2.33 bits per heavy atom. The number of carbonyl (C=O) groups excluding carboxylic acids is 1. The second-order valence-corrected chi connectivity index (χ2v) is 7.66. The number of carbonyl (C=O) groups is 1. The van der Waals surface area contributed by atoms with Gasteiger partial charge < -0.3 is 10.2 Å². The maximum atomic E-state index is 13.6. The molecule has 0 bridgehead atoms. The van der Waals surface area contributed by atoms with Gasteiger partial charge in [0, 0.05) is 26.1 Å². The van der Waals surface area contributed by atoms with E-state index < -0.39 is 0 Å². The number of halogens is 1. The number of imidazole rings is 1. The highest BCUT2D eigenvalue weighted by molar-refractivity contribution is 5.78. The van der Waals surface area contributed by atoms with E-state index in [4.69, 9.17) is 0 Å². The van der Waals surface area contributed by atoms with Crippen molar-refractivity contribution in [3.05, 3.63) is 70.4 Å². The van der Waals surface area contributed by atoms with Crippen LogP contribution >= 0.6 is 0 Å². The van der Waals surface area contributed by atoms with E-state index in [9.17, 15) is 14.0 Å². The van der Waals surface area contributed by atoms with Crippen LogP contribution in [0.3, 0.4) is 0 Å². The summed E-state index contributed by atoms with van der Waals surface area (Å²) in [5.74, 6) is -0.439. The number of hydrogen-bond donors (Lipinski definition) is 1. The van der Waals surface area contributed by atoms with Gasteiger partial charge in [-0.15, -0.1) is 0 Å². The van der Waals surface area contributed by atoms with E-state index in [1.165, 1.54) is 12.1 Å². The molecule has 1 heterocycles. The summed E-state index contributed by atoms with van der Waals surface area (Å²) in [6.07, 6.45) is 1.06. The van der Waals surface area contributed by atoms with Crippen molar-refractivity contribution in [2.45, 2.75) is 38.9 Å². The molecular weight excluding hydrogens is 383 g/mol. The van der Waals surface area contributed by atoms with Crippen molar-refractivity contribution in [2.75, 3.05) is 20.6 Å². The molecule has 0 aliphatic carbocycles. The normalized spacial score (nSPS) is 12.4. The number of amides is 1. The van der Waals surface area contributed by atoms with Crippen LogP contribution in [0.4, 0.5) is 4.39 Å². The molecule has 6 nitrogen and oxygen atoms in total. The van der Waals surface area contributed by atoms with Gasteiger partial charge in [-0.1, -0.05) is 31.2 Å². The van der Waals surface area contributed by atoms with Crippen molar-refractivity contribution >= 4 is 16.9 Å². The predicted molar refractivity (Wildman–Crippen MR) is 117 cm³/mol. The van der Waals surface area contributed by atoms with Gasteiger partial charge in [-0.2, -0.15) is 0 Å². The molecule has 1 atom stereocenters. The van der Waals surface area contributed by atoms with Gasteiger partial charge in [-0.3, -0.25) is 13.9 Å². The number of para-hydroxylation sites is 2. The average Bonchev–Trinajstić information content (AvgIpc) is 2.98.